The van der Waals surface area contributed by atoms with Gasteiger partial charge in [0.1, 0.15) is 5.75 Å². The predicted octanol–water partition coefficient (Wildman–Crippen LogP) is 3.11. The topological polar surface area (TPSA) is 75.6 Å². The highest BCUT2D eigenvalue weighted by Crippen LogP contribution is 2.20. The van der Waals surface area contributed by atoms with Gasteiger partial charge in [-0.1, -0.05) is 31.5 Å². The molecule has 0 aromatic heterocycles. The van der Waals surface area contributed by atoms with Gasteiger partial charge < -0.3 is 15.2 Å². The van der Waals surface area contributed by atoms with Crippen LogP contribution in [0.15, 0.2) is 24.3 Å². The van der Waals surface area contributed by atoms with Crippen LogP contribution >= 0.6 is 11.6 Å². The van der Waals surface area contributed by atoms with Gasteiger partial charge in [0.05, 0.1) is 0 Å². The van der Waals surface area contributed by atoms with E-state index in [1.54, 1.807) is 31.2 Å². The second-order valence-corrected chi connectivity index (χ2v) is 6.02. The molecule has 0 radical (unpaired) electrons. The van der Waals surface area contributed by atoms with E-state index in [4.69, 9.17) is 21.4 Å². The molecule has 0 aliphatic rings. The van der Waals surface area contributed by atoms with Crippen molar-refractivity contribution in [3.05, 3.63) is 29.3 Å². The normalized spacial score (nSPS) is 13.5. The molecule has 2 unspecified atom stereocenters. The minimum atomic E-state index is -0.878. The zero-order chi connectivity index (χ0) is 16.7. The number of carbonyl (C=O) groups is 2. The van der Waals surface area contributed by atoms with Crippen LogP contribution < -0.4 is 10.1 Å². The summed E-state index contributed by atoms with van der Waals surface area (Å²) in [5.41, 5.74) is 0. The van der Waals surface area contributed by atoms with Crippen LogP contribution in [0.25, 0.3) is 0 Å². The van der Waals surface area contributed by atoms with Crippen LogP contribution in [0.3, 0.4) is 0 Å². The van der Waals surface area contributed by atoms with Gasteiger partial charge in [0.25, 0.3) is 5.91 Å². The highest BCUT2D eigenvalue weighted by atomic mass is 35.5. The van der Waals surface area contributed by atoms with Gasteiger partial charge >= 0.3 is 5.97 Å². The van der Waals surface area contributed by atoms with Crippen molar-refractivity contribution in [2.75, 3.05) is 0 Å². The number of hydrogen-bond donors (Lipinski definition) is 2. The van der Waals surface area contributed by atoms with Gasteiger partial charge in [-0.3, -0.25) is 9.59 Å². The Labute approximate surface area is 135 Å². The smallest absolute Gasteiger partial charge is 0.303 e. The van der Waals surface area contributed by atoms with Gasteiger partial charge in [0.2, 0.25) is 0 Å². The summed E-state index contributed by atoms with van der Waals surface area (Å²) < 4.78 is 5.73. The molecule has 0 spiro atoms. The number of nitrogens with one attached hydrogen (secondary N) is 1. The Hall–Kier alpha value is -1.75. The minimum absolute atomic E-state index is 0.0168. The van der Waals surface area contributed by atoms with Crippen LogP contribution in [0, 0.1) is 5.92 Å². The largest absolute Gasteiger partial charge is 0.481 e. The molecule has 0 aliphatic heterocycles. The first kappa shape index (κ1) is 18.3. The van der Waals surface area contributed by atoms with Crippen molar-refractivity contribution >= 4 is 23.5 Å². The fraction of sp³-hybridized carbons (Fsp3) is 0.500. The van der Waals surface area contributed by atoms with Crippen LogP contribution in [0.1, 0.15) is 33.6 Å². The van der Waals surface area contributed by atoms with Gasteiger partial charge in [0, 0.05) is 17.5 Å². The number of halogens is 1. The molecule has 0 aliphatic carbocycles. The van der Waals surface area contributed by atoms with Gasteiger partial charge in [-0.25, -0.2) is 0 Å². The number of rotatable bonds is 8. The van der Waals surface area contributed by atoms with E-state index in [0.717, 1.165) is 0 Å². The van der Waals surface area contributed by atoms with E-state index in [9.17, 15) is 9.59 Å². The second kappa shape index (κ2) is 8.63. The molecule has 5 nitrogen and oxygen atoms in total. The molecule has 1 aromatic carbocycles. The summed E-state index contributed by atoms with van der Waals surface area (Å²) >= 11 is 5.91. The highest BCUT2D eigenvalue weighted by Gasteiger charge is 2.25. The maximum atomic E-state index is 12.3. The molecular formula is C16H22ClNO4. The van der Waals surface area contributed by atoms with E-state index < -0.39 is 12.1 Å². The molecule has 1 aromatic rings. The molecule has 22 heavy (non-hydrogen) atoms. The van der Waals surface area contributed by atoms with E-state index >= 15 is 0 Å². The fourth-order valence-corrected chi connectivity index (χ4v) is 2.10. The average Bonchev–Trinajstić information content (AvgIpc) is 2.42. The third-order valence-corrected chi connectivity index (χ3v) is 3.34. The number of ether oxygens (including phenoxy) is 1. The summed E-state index contributed by atoms with van der Waals surface area (Å²) in [6.45, 7) is 5.55. The molecule has 6 heteroatoms. The lowest BCUT2D eigenvalue weighted by Crippen LogP contribution is -2.45. The van der Waals surface area contributed by atoms with Crippen molar-refractivity contribution in [2.45, 2.75) is 45.8 Å². The highest BCUT2D eigenvalue weighted by molar-refractivity contribution is 6.30. The first-order valence-electron chi connectivity index (χ1n) is 7.24. The molecular weight excluding hydrogens is 306 g/mol. The monoisotopic (exact) mass is 327 g/mol. The molecule has 0 saturated heterocycles. The zero-order valence-corrected chi connectivity index (χ0v) is 13.8. The van der Waals surface area contributed by atoms with Gasteiger partial charge in [-0.15, -0.1) is 0 Å². The molecule has 0 bridgehead atoms. The number of amides is 1. The quantitative estimate of drug-likeness (QED) is 0.769. The van der Waals surface area contributed by atoms with E-state index in [2.05, 4.69) is 5.32 Å². The van der Waals surface area contributed by atoms with Crippen molar-refractivity contribution < 1.29 is 19.4 Å². The molecule has 0 heterocycles. The Balaban J connectivity index is 2.66. The molecule has 122 valence electrons. The van der Waals surface area contributed by atoms with Crippen LogP contribution in [0.5, 0.6) is 5.75 Å². The molecule has 0 saturated carbocycles. The van der Waals surface area contributed by atoms with E-state index in [1.807, 2.05) is 13.8 Å². The number of hydrogen-bond acceptors (Lipinski definition) is 3. The summed E-state index contributed by atoms with van der Waals surface area (Å²) in [7, 11) is 0. The Bertz CT molecular complexity index is 519. The summed E-state index contributed by atoms with van der Waals surface area (Å²) in [5.74, 6) is -0.644. The van der Waals surface area contributed by atoms with Gasteiger partial charge in [0.15, 0.2) is 6.10 Å². The maximum absolute atomic E-state index is 12.3. The maximum Gasteiger partial charge on any atom is 0.303 e. The summed E-state index contributed by atoms with van der Waals surface area (Å²) in [6, 6.07) is 6.64. The lowest BCUT2D eigenvalue weighted by molar-refractivity contribution is -0.137. The zero-order valence-electron chi connectivity index (χ0n) is 13.0. The van der Waals surface area contributed by atoms with E-state index in [-0.39, 0.29) is 24.3 Å². The lowest BCUT2D eigenvalue weighted by Gasteiger charge is -2.24. The van der Waals surface area contributed by atoms with Crippen molar-refractivity contribution in [3.63, 3.8) is 0 Å². The van der Waals surface area contributed by atoms with Gasteiger partial charge in [-0.2, -0.15) is 0 Å². The number of benzene rings is 1. The summed E-state index contributed by atoms with van der Waals surface area (Å²) in [6.07, 6.45) is -0.267. The number of carboxylic acid groups (broad SMARTS) is 1. The molecule has 2 N–H and O–H groups in total. The van der Waals surface area contributed by atoms with E-state index in [0.29, 0.717) is 17.2 Å². The molecule has 1 rings (SSSR count). The first-order valence-corrected chi connectivity index (χ1v) is 7.61. The first-order chi connectivity index (χ1) is 10.3. The number of aliphatic carboxylic acids is 1. The minimum Gasteiger partial charge on any atom is -0.481 e. The molecule has 0 fully saturated rings. The Kier molecular flexibility index (Phi) is 7.18. The Morgan fingerprint density at radius 2 is 2.00 bits per heavy atom. The standard InChI is InChI=1S/C16H22ClNO4/c1-10(2)15(22-13-6-4-5-12(17)9-13)16(21)18-11(3)7-8-14(19)20/h4-6,9-11,15H,7-8H2,1-3H3,(H,18,21)(H,19,20). The van der Waals surface area contributed by atoms with Crippen molar-refractivity contribution in [2.24, 2.45) is 5.92 Å². The van der Waals surface area contributed by atoms with E-state index in [1.165, 1.54) is 0 Å². The second-order valence-electron chi connectivity index (χ2n) is 5.58. The Morgan fingerprint density at radius 3 is 2.55 bits per heavy atom. The third kappa shape index (κ3) is 6.35. The average molecular weight is 328 g/mol. The van der Waals surface area contributed by atoms with Crippen LogP contribution in [0.4, 0.5) is 0 Å². The van der Waals surface area contributed by atoms with Gasteiger partial charge in [-0.05, 0) is 37.5 Å². The van der Waals surface area contributed by atoms with Crippen molar-refractivity contribution in [1.82, 2.24) is 5.32 Å². The van der Waals surface area contributed by atoms with Crippen molar-refractivity contribution in [1.29, 1.82) is 0 Å². The third-order valence-electron chi connectivity index (χ3n) is 3.10. The summed E-state index contributed by atoms with van der Waals surface area (Å²) in [4.78, 5) is 22.9. The lowest BCUT2D eigenvalue weighted by atomic mass is 10.1. The number of carbonyl (C=O) groups excluding carboxylic acids is 1. The Morgan fingerprint density at radius 1 is 1.32 bits per heavy atom. The fourth-order valence-electron chi connectivity index (χ4n) is 1.92. The number of carboxylic acids is 1. The van der Waals surface area contributed by atoms with Crippen molar-refractivity contribution in [3.8, 4) is 5.75 Å². The SMILES string of the molecule is CC(CCC(=O)O)NC(=O)C(Oc1cccc(Cl)c1)C(C)C. The molecule has 1 amide bonds. The summed E-state index contributed by atoms with van der Waals surface area (Å²) in [5, 5.41) is 12.0. The van der Waals surface area contributed by atoms with Crippen LogP contribution in [-0.2, 0) is 9.59 Å². The predicted molar refractivity (Wildman–Crippen MR) is 85.2 cm³/mol. The molecule has 2 atom stereocenters. The van der Waals surface area contributed by atoms with Crippen LogP contribution in [0.2, 0.25) is 5.02 Å². The van der Waals surface area contributed by atoms with Crippen LogP contribution in [-0.4, -0.2) is 29.1 Å².